The van der Waals surface area contributed by atoms with Crippen molar-refractivity contribution in [3.05, 3.63) is 35.9 Å². The van der Waals surface area contributed by atoms with Crippen LogP contribution in [0.25, 0.3) is 11.1 Å². The summed E-state index contributed by atoms with van der Waals surface area (Å²) in [4.78, 5) is 0. The van der Waals surface area contributed by atoms with Crippen LogP contribution < -0.4 is 4.74 Å². The first-order chi connectivity index (χ1) is 9.08. The number of hydrogen-bond donors (Lipinski definition) is 0. The van der Waals surface area contributed by atoms with Gasteiger partial charge >= 0.3 is 0 Å². The van der Waals surface area contributed by atoms with E-state index in [-0.39, 0.29) is 17.0 Å². The van der Waals surface area contributed by atoms with Gasteiger partial charge in [0.1, 0.15) is 5.69 Å². The molecule has 1 aromatic heterocycles. The molecule has 2 rings (SSSR count). The summed E-state index contributed by atoms with van der Waals surface area (Å²) in [6.45, 7) is 2.05. The smallest absolute Gasteiger partial charge is 0.280 e. The molecule has 102 valence electrons. The van der Waals surface area contributed by atoms with Crippen molar-refractivity contribution < 1.29 is 17.9 Å². The molecule has 0 spiro atoms. The van der Waals surface area contributed by atoms with Crippen LogP contribution in [-0.2, 0) is 6.54 Å². The molecule has 0 amide bonds. The van der Waals surface area contributed by atoms with E-state index < -0.39 is 12.2 Å². The molecule has 0 bridgehead atoms. The molecule has 0 aliphatic heterocycles. The van der Waals surface area contributed by atoms with E-state index in [1.165, 1.54) is 36.2 Å². The largest absolute Gasteiger partial charge is 0.494 e. The number of nitrogens with zero attached hydrogens (tertiary/aromatic N) is 2. The third-order valence-electron chi connectivity index (χ3n) is 2.85. The van der Waals surface area contributed by atoms with Crippen molar-refractivity contribution in [3.63, 3.8) is 0 Å². The monoisotopic (exact) mass is 270 g/mol. The Hall–Kier alpha value is -1.98. The van der Waals surface area contributed by atoms with E-state index in [1.807, 2.05) is 0 Å². The van der Waals surface area contributed by atoms with Gasteiger partial charge < -0.3 is 4.74 Å². The second-order valence-corrected chi connectivity index (χ2v) is 3.91. The summed E-state index contributed by atoms with van der Waals surface area (Å²) >= 11 is 0. The maximum atomic E-state index is 13.6. The van der Waals surface area contributed by atoms with E-state index in [2.05, 4.69) is 5.10 Å². The first-order valence-electron chi connectivity index (χ1n) is 5.76. The highest BCUT2D eigenvalue weighted by molar-refractivity contribution is 5.66. The summed E-state index contributed by atoms with van der Waals surface area (Å²) in [5.74, 6) is -0.519. The third kappa shape index (κ3) is 2.43. The number of benzene rings is 1. The lowest BCUT2D eigenvalue weighted by Gasteiger charge is -2.08. The summed E-state index contributed by atoms with van der Waals surface area (Å²) in [6, 6.07) is 4.11. The second-order valence-electron chi connectivity index (χ2n) is 3.91. The fourth-order valence-corrected chi connectivity index (χ4v) is 1.93. The molecular formula is C13H13F3N2O. The summed E-state index contributed by atoms with van der Waals surface area (Å²) < 4.78 is 45.7. The van der Waals surface area contributed by atoms with E-state index in [0.29, 0.717) is 12.1 Å². The number of hydrogen-bond acceptors (Lipinski definition) is 2. The van der Waals surface area contributed by atoms with E-state index in [4.69, 9.17) is 4.74 Å². The molecule has 19 heavy (non-hydrogen) atoms. The number of ether oxygens (including phenoxy) is 1. The lowest BCUT2D eigenvalue weighted by Crippen LogP contribution is -2.03. The van der Waals surface area contributed by atoms with Gasteiger partial charge in [0.25, 0.3) is 6.43 Å². The Morgan fingerprint density at radius 2 is 2.11 bits per heavy atom. The topological polar surface area (TPSA) is 27.1 Å². The zero-order chi connectivity index (χ0) is 14.0. The highest BCUT2D eigenvalue weighted by Crippen LogP contribution is 2.33. The van der Waals surface area contributed by atoms with Crippen LogP contribution in [0.4, 0.5) is 13.2 Å². The quantitative estimate of drug-likeness (QED) is 0.847. The third-order valence-corrected chi connectivity index (χ3v) is 2.85. The maximum absolute atomic E-state index is 13.6. The van der Waals surface area contributed by atoms with Crippen molar-refractivity contribution in [2.24, 2.45) is 0 Å². The average Bonchev–Trinajstić information content (AvgIpc) is 2.82. The van der Waals surface area contributed by atoms with Gasteiger partial charge in [-0.25, -0.2) is 13.2 Å². The van der Waals surface area contributed by atoms with Crippen molar-refractivity contribution in [1.29, 1.82) is 0 Å². The number of aromatic nitrogens is 2. The minimum Gasteiger partial charge on any atom is -0.494 e. The predicted molar refractivity (Wildman–Crippen MR) is 64.8 cm³/mol. The minimum absolute atomic E-state index is 0.0743. The van der Waals surface area contributed by atoms with E-state index in [1.54, 1.807) is 6.92 Å². The lowest BCUT2D eigenvalue weighted by atomic mass is 10.1. The first kappa shape index (κ1) is 13.5. The van der Waals surface area contributed by atoms with Crippen molar-refractivity contribution in [2.75, 3.05) is 7.11 Å². The van der Waals surface area contributed by atoms with Gasteiger partial charge in [-0.3, -0.25) is 4.68 Å². The predicted octanol–water partition coefficient (Wildman–Crippen LogP) is 3.66. The maximum Gasteiger partial charge on any atom is 0.280 e. The fraction of sp³-hybridized carbons (Fsp3) is 0.308. The van der Waals surface area contributed by atoms with Gasteiger partial charge in [-0.1, -0.05) is 6.07 Å². The number of methoxy groups -OCH3 is 1. The molecule has 0 unspecified atom stereocenters. The number of rotatable bonds is 4. The SMILES string of the molecule is CCn1ncc(-c2ccc(OC)c(F)c2)c1C(F)F. The highest BCUT2D eigenvalue weighted by Gasteiger charge is 2.21. The molecule has 0 N–H and O–H groups in total. The zero-order valence-electron chi connectivity index (χ0n) is 10.5. The van der Waals surface area contributed by atoms with Crippen LogP contribution in [-0.4, -0.2) is 16.9 Å². The molecule has 0 fully saturated rings. The molecule has 0 radical (unpaired) electrons. The van der Waals surface area contributed by atoms with Crippen molar-refractivity contribution >= 4 is 0 Å². The standard InChI is InChI=1S/C13H13F3N2O/c1-3-18-12(13(15)16)9(7-17-18)8-4-5-11(19-2)10(14)6-8/h4-7,13H,3H2,1-2H3. The van der Waals surface area contributed by atoms with Gasteiger partial charge in [-0.15, -0.1) is 0 Å². The Morgan fingerprint density at radius 1 is 1.37 bits per heavy atom. The Bertz CT molecular complexity index is 581. The molecule has 6 heteroatoms. The van der Waals surface area contributed by atoms with Crippen molar-refractivity contribution in [1.82, 2.24) is 9.78 Å². The molecule has 0 aliphatic carbocycles. The Morgan fingerprint density at radius 3 is 2.63 bits per heavy atom. The molecule has 1 heterocycles. The molecule has 0 atom stereocenters. The van der Waals surface area contributed by atoms with Crippen LogP contribution in [0.3, 0.4) is 0 Å². The molecule has 3 nitrogen and oxygen atoms in total. The number of halogens is 3. The van der Waals surface area contributed by atoms with E-state index in [9.17, 15) is 13.2 Å². The van der Waals surface area contributed by atoms with Crippen LogP contribution in [0.2, 0.25) is 0 Å². The van der Waals surface area contributed by atoms with Crippen LogP contribution in [0, 0.1) is 5.82 Å². The summed E-state index contributed by atoms with van der Waals surface area (Å²) in [6.07, 6.45) is -1.34. The highest BCUT2D eigenvalue weighted by atomic mass is 19.3. The fourth-order valence-electron chi connectivity index (χ4n) is 1.93. The van der Waals surface area contributed by atoms with E-state index in [0.717, 1.165) is 0 Å². The Labute approximate surface area is 108 Å². The van der Waals surface area contributed by atoms with Gasteiger partial charge in [-0.2, -0.15) is 5.10 Å². The van der Waals surface area contributed by atoms with Gasteiger partial charge in [0, 0.05) is 12.1 Å². The molecule has 0 saturated heterocycles. The van der Waals surface area contributed by atoms with Gasteiger partial charge in [0.15, 0.2) is 11.6 Å². The van der Waals surface area contributed by atoms with Gasteiger partial charge in [0.2, 0.25) is 0 Å². The number of alkyl halides is 2. The van der Waals surface area contributed by atoms with E-state index >= 15 is 0 Å². The molecular weight excluding hydrogens is 257 g/mol. The Kier molecular flexibility index (Phi) is 3.78. The van der Waals surface area contributed by atoms with Crippen LogP contribution in [0.1, 0.15) is 19.0 Å². The minimum atomic E-state index is -2.66. The van der Waals surface area contributed by atoms with Gasteiger partial charge in [0.05, 0.1) is 13.3 Å². The average molecular weight is 270 g/mol. The second kappa shape index (κ2) is 5.34. The van der Waals surface area contributed by atoms with Crippen LogP contribution in [0.5, 0.6) is 5.75 Å². The number of aryl methyl sites for hydroxylation is 1. The van der Waals surface area contributed by atoms with Crippen LogP contribution in [0.15, 0.2) is 24.4 Å². The van der Waals surface area contributed by atoms with Crippen molar-refractivity contribution in [2.45, 2.75) is 19.9 Å². The molecule has 2 aromatic rings. The summed E-state index contributed by atoms with van der Waals surface area (Å²) in [5, 5.41) is 3.89. The van der Waals surface area contributed by atoms with Crippen LogP contribution >= 0.6 is 0 Å². The molecule has 0 saturated carbocycles. The normalized spacial score (nSPS) is 11.1. The summed E-state index contributed by atoms with van der Waals surface area (Å²) in [7, 11) is 1.35. The van der Waals surface area contributed by atoms with Crippen molar-refractivity contribution in [3.8, 4) is 16.9 Å². The van der Waals surface area contributed by atoms with Gasteiger partial charge in [-0.05, 0) is 24.6 Å². The lowest BCUT2D eigenvalue weighted by molar-refractivity contribution is 0.140. The zero-order valence-corrected chi connectivity index (χ0v) is 10.5. The molecule has 1 aromatic carbocycles. The first-order valence-corrected chi connectivity index (χ1v) is 5.76. The Balaban J connectivity index is 2.53. The molecule has 0 aliphatic rings. The summed E-state index contributed by atoms with van der Waals surface area (Å²) in [5.41, 5.74) is 0.388.